The summed E-state index contributed by atoms with van der Waals surface area (Å²) in [5.74, 6) is 0. The fourth-order valence-corrected chi connectivity index (χ4v) is 2.25. The zero-order valence-corrected chi connectivity index (χ0v) is 9.44. The first-order valence-corrected chi connectivity index (χ1v) is 5.56. The van der Waals surface area contributed by atoms with Crippen molar-refractivity contribution in [2.75, 3.05) is 6.54 Å². The molecular formula is C10H20N2S. The van der Waals surface area contributed by atoms with Crippen LogP contribution in [0.1, 0.15) is 39.5 Å². The van der Waals surface area contributed by atoms with Gasteiger partial charge < -0.3 is 5.73 Å². The molecule has 0 bridgehead atoms. The molecule has 1 rings (SSSR count). The molecule has 2 unspecified atom stereocenters. The second-order valence-electron chi connectivity index (χ2n) is 4.08. The Morgan fingerprint density at radius 1 is 1.38 bits per heavy atom. The minimum atomic E-state index is 0.643. The van der Waals surface area contributed by atoms with Crippen LogP contribution in [0.5, 0.6) is 0 Å². The minimum absolute atomic E-state index is 0.643. The van der Waals surface area contributed by atoms with Crippen molar-refractivity contribution in [3.8, 4) is 0 Å². The summed E-state index contributed by atoms with van der Waals surface area (Å²) in [6, 6.07) is 1.41. The molecule has 13 heavy (non-hydrogen) atoms. The second-order valence-corrected chi connectivity index (χ2v) is 4.61. The summed E-state index contributed by atoms with van der Waals surface area (Å²) >= 11 is 4.89. The van der Waals surface area contributed by atoms with Crippen molar-refractivity contribution in [3.05, 3.63) is 0 Å². The molecule has 76 valence electrons. The van der Waals surface area contributed by atoms with E-state index in [0.717, 1.165) is 13.0 Å². The maximum absolute atomic E-state index is 5.51. The van der Waals surface area contributed by atoms with Crippen LogP contribution in [0.15, 0.2) is 0 Å². The molecule has 3 heteroatoms. The summed E-state index contributed by atoms with van der Waals surface area (Å²) < 4.78 is 0. The van der Waals surface area contributed by atoms with Gasteiger partial charge in [0.2, 0.25) is 0 Å². The molecule has 0 aromatic heterocycles. The number of rotatable bonds is 3. The minimum Gasteiger partial charge on any atom is -0.393 e. The molecule has 0 radical (unpaired) electrons. The van der Waals surface area contributed by atoms with Gasteiger partial charge in [0.1, 0.15) is 0 Å². The molecule has 0 amide bonds. The first kappa shape index (κ1) is 10.9. The maximum Gasteiger partial charge on any atom is 0.0740 e. The van der Waals surface area contributed by atoms with Gasteiger partial charge >= 0.3 is 0 Å². The molecule has 1 aliphatic heterocycles. The molecule has 1 fully saturated rings. The molecule has 0 aromatic carbocycles. The van der Waals surface area contributed by atoms with Gasteiger partial charge in [0.25, 0.3) is 0 Å². The van der Waals surface area contributed by atoms with Gasteiger partial charge in [-0.3, -0.25) is 4.90 Å². The summed E-state index contributed by atoms with van der Waals surface area (Å²) in [4.78, 5) is 3.17. The molecule has 0 aromatic rings. The van der Waals surface area contributed by atoms with Gasteiger partial charge in [0.15, 0.2) is 0 Å². The van der Waals surface area contributed by atoms with Crippen LogP contribution < -0.4 is 5.73 Å². The monoisotopic (exact) mass is 200 g/mol. The van der Waals surface area contributed by atoms with Crippen molar-refractivity contribution in [1.82, 2.24) is 4.90 Å². The highest BCUT2D eigenvalue weighted by atomic mass is 32.1. The quantitative estimate of drug-likeness (QED) is 0.706. The van der Waals surface area contributed by atoms with Gasteiger partial charge in [-0.1, -0.05) is 18.6 Å². The van der Waals surface area contributed by atoms with Crippen molar-refractivity contribution in [3.63, 3.8) is 0 Å². The second kappa shape index (κ2) is 4.91. The smallest absolute Gasteiger partial charge is 0.0740 e. The van der Waals surface area contributed by atoms with Crippen LogP contribution in [0, 0.1) is 0 Å². The third kappa shape index (κ3) is 3.24. The lowest BCUT2D eigenvalue weighted by Crippen LogP contribution is -2.44. The highest BCUT2D eigenvalue weighted by molar-refractivity contribution is 7.80. The van der Waals surface area contributed by atoms with Gasteiger partial charge in [0, 0.05) is 25.0 Å². The lowest BCUT2D eigenvalue weighted by atomic mass is 9.97. The Hall–Kier alpha value is -0.150. The van der Waals surface area contributed by atoms with E-state index < -0.39 is 0 Å². The average Bonchev–Trinajstić information content (AvgIpc) is 2.03. The molecule has 2 atom stereocenters. The van der Waals surface area contributed by atoms with Gasteiger partial charge in [0.05, 0.1) is 4.99 Å². The number of likely N-dealkylation sites (tertiary alicyclic amines) is 1. The largest absolute Gasteiger partial charge is 0.393 e. The number of piperidine rings is 1. The molecule has 2 N–H and O–H groups in total. The van der Waals surface area contributed by atoms with E-state index in [2.05, 4.69) is 18.7 Å². The Labute approximate surface area is 86.5 Å². The Bertz CT molecular complexity index is 172. The topological polar surface area (TPSA) is 29.3 Å². The van der Waals surface area contributed by atoms with E-state index in [4.69, 9.17) is 18.0 Å². The molecule has 0 spiro atoms. The van der Waals surface area contributed by atoms with Gasteiger partial charge in [-0.25, -0.2) is 0 Å². The number of thiocarbonyl (C=S) groups is 1. The zero-order valence-electron chi connectivity index (χ0n) is 8.62. The third-order valence-electron chi connectivity index (χ3n) is 2.99. The highest BCUT2D eigenvalue weighted by Gasteiger charge is 2.23. The number of nitrogens with zero attached hydrogens (tertiary/aromatic N) is 1. The fourth-order valence-electron chi connectivity index (χ4n) is 2.15. The Morgan fingerprint density at radius 2 is 1.92 bits per heavy atom. The van der Waals surface area contributed by atoms with E-state index in [1.54, 1.807) is 0 Å². The van der Waals surface area contributed by atoms with E-state index in [1.165, 1.54) is 19.3 Å². The van der Waals surface area contributed by atoms with E-state index >= 15 is 0 Å². The maximum atomic E-state index is 5.51. The van der Waals surface area contributed by atoms with E-state index in [0.29, 0.717) is 17.1 Å². The summed E-state index contributed by atoms with van der Waals surface area (Å²) in [6.45, 7) is 5.64. The summed E-state index contributed by atoms with van der Waals surface area (Å²) in [5.41, 5.74) is 5.51. The third-order valence-corrected chi connectivity index (χ3v) is 3.20. The molecule has 1 saturated heterocycles. The molecule has 1 heterocycles. The standard InChI is InChI=1S/C10H20N2S/c1-8-4-3-5-9(2)12(8)7-6-10(11)13/h8-9H,3-7H2,1-2H3,(H2,11,13). The first-order valence-electron chi connectivity index (χ1n) is 5.15. The lowest BCUT2D eigenvalue weighted by molar-refractivity contribution is 0.107. The van der Waals surface area contributed by atoms with E-state index in [9.17, 15) is 0 Å². The number of nitrogens with two attached hydrogens (primary N) is 1. The van der Waals surface area contributed by atoms with Gasteiger partial charge in [-0.15, -0.1) is 0 Å². The van der Waals surface area contributed by atoms with Crippen molar-refractivity contribution < 1.29 is 0 Å². The van der Waals surface area contributed by atoms with Crippen LogP contribution in [0.3, 0.4) is 0 Å². The van der Waals surface area contributed by atoms with E-state index in [1.807, 2.05) is 0 Å². The molecule has 2 nitrogen and oxygen atoms in total. The van der Waals surface area contributed by atoms with Gasteiger partial charge in [-0.05, 0) is 26.7 Å². The zero-order chi connectivity index (χ0) is 9.84. The average molecular weight is 200 g/mol. The van der Waals surface area contributed by atoms with Crippen molar-refractivity contribution in [2.45, 2.75) is 51.6 Å². The van der Waals surface area contributed by atoms with Crippen molar-refractivity contribution >= 4 is 17.2 Å². The van der Waals surface area contributed by atoms with Crippen LogP contribution in [0.2, 0.25) is 0 Å². The number of hydrogen-bond donors (Lipinski definition) is 1. The van der Waals surface area contributed by atoms with Crippen LogP contribution in [-0.4, -0.2) is 28.5 Å². The molecule has 0 saturated carbocycles. The Kier molecular flexibility index (Phi) is 4.13. The van der Waals surface area contributed by atoms with Crippen LogP contribution in [0.25, 0.3) is 0 Å². The van der Waals surface area contributed by atoms with Crippen LogP contribution in [-0.2, 0) is 0 Å². The predicted molar refractivity (Wildman–Crippen MR) is 60.9 cm³/mol. The first-order chi connectivity index (χ1) is 6.11. The van der Waals surface area contributed by atoms with Gasteiger partial charge in [-0.2, -0.15) is 0 Å². The normalized spacial score (nSPS) is 30.3. The lowest BCUT2D eigenvalue weighted by Gasteiger charge is -2.38. The van der Waals surface area contributed by atoms with Crippen LogP contribution >= 0.6 is 12.2 Å². The Balaban J connectivity index is 2.39. The Morgan fingerprint density at radius 3 is 2.38 bits per heavy atom. The summed E-state index contributed by atoms with van der Waals surface area (Å²) in [5, 5.41) is 0. The molecule has 1 aliphatic rings. The SMILES string of the molecule is CC1CCCC(C)N1CCC(N)=S. The molecule has 0 aliphatic carbocycles. The van der Waals surface area contributed by atoms with Crippen molar-refractivity contribution in [1.29, 1.82) is 0 Å². The van der Waals surface area contributed by atoms with Crippen molar-refractivity contribution in [2.24, 2.45) is 5.73 Å². The fraction of sp³-hybridized carbons (Fsp3) is 0.900. The highest BCUT2D eigenvalue weighted by Crippen LogP contribution is 2.22. The molecular weight excluding hydrogens is 180 g/mol. The van der Waals surface area contributed by atoms with E-state index in [-0.39, 0.29) is 0 Å². The van der Waals surface area contributed by atoms with Crippen LogP contribution in [0.4, 0.5) is 0 Å². The summed E-state index contributed by atoms with van der Waals surface area (Å²) in [7, 11) is 0. The predicted octanol–water partition coefficient (Wildman–Crippen LogP) is 1.93. The number of hydrogen-bond acceptors (Lipinski definition) is 2. The summed E-state index contributed by atoms with van der Waals surface area (Å²) in [6.07, 6.45) is 4.87.